The van der Waals surface area contributed by atoms with Gasteiger partial charge in [0.05, 0.1) is 25.0 Å². The van der Waals surface area contributed by atoms with Crippen LogP contribution in [-0.4, -0.2) is 58.6 Å². The molecular weight excluding hydrogens is 397 g/mol. The molecule has 8 heteroatoms. The van der Waals surface area contributed by atoms with Gasteiger partial charge in [0.2, 0.25) is 5.88 Å². The van der Waals surface area contributed by atoms with E-state index in [-0.39, 0.29) is 17.9 Å². The molecule has 2 amide bonds. The molecule has 0 bridgehead atoms. The maximum absolute atomic E-state index is 13.2. The molecule has 3 heterocycles. The molecule has 31 heavy (non-hydrogen) atoms. The fourth-order valence-corrected chi connectivity index (χ4v) is 3.48. The highest BCUT2D eigenvalue weighted by Crippen LogP contribution is 2.18. The van der Waals surface area contributed by atoms with Crippen molar-refractivity contribution >= 4 is 6.03 Å². The van der Waals surface area contributed by atoms with Crippen LogP contribution >= 0.6 is 0 Å². The smallest absolute Gasteiger partial charge is 0.318 e. The molecule has 0 spiro atoms. The quantitative estimate of drug-likeness (QED) is 0.696. The Kier molecular flexibility index (Phi) is 8.17. The largest absolute Gasteiger partial charge is 0.477 e. The minimum Gasteiger partial charge on any atom is -0.477 e. The summed E-state index contributed by atoms with van der Waals surface area (Å²) in [5.74, 6) is 0.633. The Morgan fingerprint density at radius 2 is 2.00 bits per heavy atom. The number of rotatable bonds is 8. The van der Waals surface area contributed by atoms with Crippen LogP contribution in [0.15, 0.2) is 36.7 Å². The van der Waals surface area contributed by atoms with Gasteiger partial charge in [-0.15, -0.1) is 0 Å². The molecule has 0 saturated carbocycles. The number of amides is 2. The van der Waals surface area contributed by atoms with E-state index >= 15 is 0 Å². The summed E-state index contributed by atoms with van der Waals surface area (Å²) in [7, 11) is 2.09. The number of urea groups is 1. The topological polar surface area (TPSA) is 70.6 Å². The number of hydrogen-bond acceptors (Lipinski definition) is 5. The van der Waals surface area contributed by atoms with Crippen molar-refractivity contribution in [2.45, 2.75) is 45.8 Å². The molecule has 0 atom stereocenters. The van der Waals surface area contributed by atoms with Crippen molar-refractivity contribution in [2.75, 3.05) is 26.7 Å². The van der Waals surface area contributed by atoms with Gasteiger partial charge in [-0.1, -0.05) is 19.9 Å². The Bertz CT molecular complexity index is 821. The average Bonchev–Trinajstić information content (AvgIpc) is 2.77. The predicted molar refractivity (Wildman–Crippen MR) is 117 cm³/mol. The summed E-state index contributed by atoms with van der Waals surface area (Å²) in [6.45, 7) is 7.38. The van der Waals surface area contributed by atoms with Crippen LogP contribution < -0.4 is 10.1 Å². The summed E-state index contributed by atoms with van der Waals surface area (Å²) in [5, 5.41) is 3.00. The van der Waals surface area contributed by atoms with Crippen molar-refractivity contribution in [3.63, 3.8) is 0 Å². The van der Waals surface area contributed by atoms with E-state index < -0.39 is 0 Å². The van der Waals surface area contributed by atoms with Crippen molar-refractivity contribution < 1.29 is 13.9 Å². The van der Waals surface area contributed by atoms with E-state index in [0.717, 1.165) is 31.5 Å². The molecule has 168 valence electrons. The van der Waals surface area contributed by atoms with Crippen LogP contribution in [-0.2, 0) is 13.1 Å². The molecule has 1 N–H and O–H groups in total. The Morgan fingerprint density at radius 1 is 1.23 bits per heavy atom. The lowest BCUT2D eigenvalue weighted by Crippen LogP contribution is -2.49. The minimum absolute atomic E-state index is 0.119. The third kappa shape index (κ3) is 7.17. The molecule has 2 aromatic heterocycles. The van der Waals surface area contributed by atoms with Crippen LogP contribution in [0.1, 0.15) is 37.9 Å². The van der Waals surface area contributed by atoms with Crippen LogP contribution in [0.4, 0.5) is 9.18 Å². The Balaban J connectivity index is 1.61. The molecule has 1 fully saturated rings. The lowest BCUT2D eigenvalue weighted by atomic mass is 10.0. The van der Waals surface area contributed by atoms with Gasteiger partial charge in [-0.3, -0.25) is 4.98 Å². The van der Waals surface area contributed by atoms with Crippen molar-refractivity contribution in [3.8, 4) is 5.88 Å². The standard InChI is InChI=1S/C23H32FN5O2/c1-17(2)16-31-22-7-4-18(12-26-22)13-27-23(30)29(21-8-10-28(3)11-9-21)15-20-6-5-19(24)14-25-20/h4-7,12,14,17,21H,8-11,13,15-16H2,1-3H3,(H,27,30). The molecule has 0 aromatic carbocycles. The Labute approximate surface area is 183 Å². The summed E-state index contributed by atoms with van der Waals surface area (Å²) in [6, 6.07) is 6.70. The first-order valence-corrected chi connectivity index (χ1v) is 10.8. The number of piperidine rings is 1. The van der Waals surface area contributed by atoms with Gasteiger partial charge in [-0.2, -0.15) is 0 Å². The van der Waals surface area contributed by atoms with Gasteiger partial charge in [0.25, 0.3) is 0 Å². The molecule has 1 saturated heterocycles. The molecule has 1 aliphatic rings. The first-order chi connectivity index (χ1) is 14.9. The molecule has 1 aliphatic heterocycles. The maximum Gasteiger partial charge on any atom is 0.318 e. The zero-order valence-electron chi connectivity index (χ0n) is 18.6. The number of halogens is 1. The van der Waals surface area contributed by atoms with E-state index in [9.17, 15) is 9.18 Å². The number of hydrogen-bond donors (Lipinski definition) is 1. The second kappa shape index (κ2) is 11.0. The molecular formula is C23H32FN5O2. The van der Waals surface area contributed by atoms with Crippen LogP contribution in [0.3, 0.4) is 0 Å². The molecule has 7 nitrogen and oxygen atoms in total. The number of nitrogens with zero attached hydrogens (tertiary/aromatic N) is 4. The number of ether oxygens (including phenoxy) is 1. The second-order valence-corrected chi connectivity index (χ2v) is 8.50. The van der Waals surface area contributed by atoms with Crippen LogP contribution in [0.25, 0.3) is 0 Å². The highest BCUT2D eigenvalue weighted by Gasteiger charge is 2.27. The fraction of sp³-hybridized carbons (Fsp3) is 0.522. The highest BCUT2D eigenvalue weighted by atomic mass is 19.1. The van der Waals surface area contributed by atoms with Crippen molar-refractivity contribution in [1.29, 1.82) is 0 Å². The molecule has 0 radical (unpaired) electrons. The third-order valence-electron chi connectivity index (χ3n) is 5.32. The minimum atomic E-state index is -0.382. The summed E-state index contributed by atoms with van der Waals surface area (Å²) in [4.78, 5) is 25.6. The second-order valence-electron chi connectivity index (χ2n) is 8.50. The normalized spacial score (nSPS) is 15.1. The van der Waals surface area contributed by atoms with Gasteiger partial charge in [0, 0.05) is 24.8 Å². The summed E-state index contributed by atoms with van der Waals surface area (Å²) in [5.41, 5.74) is 1.57. The van der Waals surface area contributed by atoms with Crippen LogP contribution in [0, 0.1) is 11.7 Å². The molecule has 0 aliphatic carbocycles. The highest BCUT2D eigenvalue weighted by molar-refractivity contribution is 5.74. The SMILES string of the molecule is CC(C)COc1ccc(CNC(=O)N(Cc2ccc(F)cn2)C2CCN(C)CC2)cn1. The maximum atomic E-state index is 13.2. The number of carbonyl (C=O) groups is 1. The van der Waals surface area contributed by atoms with E-state index in [4.69, 9.17) is 4.74 Å². The first-order valence-electron chi connectivity index (χ1n) is 10.8. The van der Waals surface area contributed by atoms with E-state index in [0.29, 0.717) is 37.2 Å². The number of pyridine rings is 2. The van der Waals surface area contributed by atoms with E-state index in [1.165, 1.54) is 12.3 Å². The van der Waals surface area contributed by atoms with Crippen LogP contribution in [0.2, 0.25) is 0 Å². The molecule has 3 rings (SSSR count). The van der Waals surface area contributed by atoms with Crippen LogP contribution in [0.5, 0.6) is 5.88 Å². The molecule has 2 aromatic rings. The van der Waals surface area contributed by atoms with Gasteiger partial charge < -0.3 is 19.9 Å². The van der Waals surface area contributed by atoms with Gasteiger partial charge >= 0.3 is 6.03 Å². The van der Waals surface area contributed by atoms with E-state index in [2.05, 4.69) is 41.1 Å². The average molecular weight is 430 g/mol. The Morgan fingerprint density at radius 3 is 2.61 bits per heavy atom. The zero-order valence-corrected chi connectivity index (χ0v) is 18.6. The van der Waals surface area contributed by atoms with Crippen molar-refractivity contribution in [2.24, 2.45) is 5.92 Å². The fourth-order valence-electron chi connectivity index (χ4n) is 3.48. The number of nitrogens with one attached hydrogen (secondary N) is 1. The third-order valence-corrected chi connectivity index (χ3v) is 5.32. The van der Waals surface area contributed by atoms with Crippen molar-refractivity contribution in [1.82, 2.24) is 25.1 Å². The number of aromatic nitrogens is 2. The summed E-state index contributed by atoms with van der Waals surface area (Å²) >= 11 is 0. The summed E-state index contributed by atoms with van der Waals surface area (Å²) < 4.78 is 18.8. The van der Waals surface area contributed by atoms with Gasteiger partial charge in [-0.05, 0) is 56.6 Å². The lowest BCUT2D eigenvalue weighted by molar-refractivity contribution is 0.126. The van der Waals surface area contributed by atoms with Gasteiger partial charge in [-0.25, -0.2) is 14.2 Å². The van der Waals surface area contributed by atoms with Gasteiger partial charge in [0.15, 0.2) is 0 Å². The number of likely N-dealkylation sites (tertiary alicyclic amines) is 1. The Hall–Kier alpha value is -2.74. The van der Waals surface area contributed by atoms with Gasteiger partial charge in [0.1, 0.15) is 5.82 Å². The van der Waals surface area contributed by atoms with E-state index in [1.54, 1.807) is 12.3 Å². The monoisotopic (exact) mass is 429 g/mol. The van der Waals surface area contributed by atoms with Crippen molar-refractivity contribution in [3.05, 3.63) is 53.7 Å². The molecule has 0 unspecified atom stereocenters. The summed E-state index contributed by atoms with van der Waals surface area (Å²) in [6.07, 6.45) is 4.70. The van der Waals surface area contributed by atoms with E-state index in [1.807, 2.05) is 17.0 Å². The first kappa shape index (κ1) is 22.9. The number of carbonyl (C=O) groups excluding carboxylic acids is 1. The predicted octanol–water partition coefficient (Wildman–Crippen LogP) is 3.46. The zero-order chi connectivity index (χ0) is 22.2. The lowest BCUT2D eigenvalue weighted by Gasteiger charge is -2.37.